The second-order valence-electron chi connectivity index (χ2n) is 3.82. The van der Waals surface area contributed by atoms with Crippen LogP contribution >= 0.6 is 0 Å². The number of aryl methyl sites for hydroxylation is 1. The zero-order valence-corrected chi connectivity index (χ0v) is 9.31. The highest BCUT2D eigenvalue weighted by Gasteiger charge is 2.00. The molecule has 0 N–H and O–H groups in total. The molecule has 1 nitrogen and oxygen atoms in total. The highest BCUT2D eigenvalue weighted by molar-refractivity contribution is 5.92. The van der Waals surface area contributed by atoms with Crippen molar-refractivity contribution in [3.63, 3.8) is 0 Å². The lowest BCUT2D eigenvalue weighted by molar-refractivity contribution is -0.107. The summed E-state index contributed by atoms with van der Waals surface area (Å²) in [4.78, 5) is 10.3. The summed E-state index contributed by atoms with van der Waals surface area (Å²) in [5.74, 6) is 0. The van der Waals surface area contributed by atoms with Crippen molar-refractivity contribution in [2.45, 2.75) is 13.3 Å². The molecule has 0 aliphatic rings. The number of fused-ring (bicyclic) bond motifs is 1. The molecule has 0 aliphatic heterocycles. The average molecular weight is 210 g/mol. The van der Waals surface area contributed by atoms with Crippen LogP contribution in [-0.2, 0) is 4.79 Å². The second-order valence-corrected chi connectivity index (χ2v) is 3.82. The normalized spacial score (nSPS) is 11.1. The number of hydrogen-bond donors (Lipinski definition) is 0. The number of allylic oxidation sites excluding steroid dienone is 1. The minimum atomic E-state index is 0.475. The summed E-state index contributed by atoms with van der Waals surface area (Å²) in [6, 6.07) is 12.5. The van der Waals surface area contributed by atoms with Crippen molar-refractivity contribution in [3.05, 3.63) is 53.6 Å². The molecule has 0 bridgehead atoms. The van der Waals surface area contributed by atoms with Crippen molar-refractivity contribution in [1.82, 2.24) is 0 Å². The zero-order chi connectivity index (χ0) is 11.4. The first-order valence-corrected chi connectivity index (χ1v) is 5.41. The van der Waals surface area contributed by atoms with E-state index in [1.807, 2.05) is 24.3 Å². The Morgan fingerprint density at radius 2 is 1.94 bits per heavy atom. The molecule has 0 atom stereocenters. The highest BCUT2D eigenvalue weighted by atomic mass is 16.1. The molecule has 0 unspecified atom stereocenters. The van der Waals surface area contributed by atoms with Crippen LogP contribution in [0.1, 0.15) is 17.5 Å². The number of carbonyl (C=O) groups is 1. The van der Waals surface area contributed by atoms with Crippen LogP contribution < -0.4 is 0 Å². The molecule has 0 fully saturated rings. The molecule has 0 saturated carbocycles. The Labute approximate surface area is 95.4 Å². The molecule has 2 rings (SSSR count). The standard InChI is InChI=1S/C15H14O/c1-12-9-10-13-6-2-3-8-15(13)14(12)7-4-5-11-16/h2-4,6-11H,5H2,1H3. The van der Waals surface area contributed by atoms with E-state index < -0.39 is 0 Å². The summed E-state index contributed by atoms with van der Waals surface area (Å²) in [5, 5.41) is 2.48. The molecule has 0 aromatic heterocycles. The summed E-state index contributed by atoms with van der Waals surface area (Å²) >= 11 is 0. The van der Waals surface area contributed by atoms with Gasteiger partial charge in [0.2, 0.25) is 0 Å². The van der Waals surface area contributed by atoms with Gasteiger partial charge in [-0.25, -0.2) is 0 Å². The Bertz CT molecular complexity index is 538. The second kappa shape index (κ2) is 4.75. The summed E-state index contributed by atoms with van der Waals surface area (Å²) in [6.07, 6.45) is 5.33. The van der Waals surface area contributed by atoms with E-state index in [4.69, 9.17) is 0 Å². The van der Waals surface area contributed by atoms with E-state index in [1.54, 1.807) is 0 Å². The Hall–Kier alpha value is -1.89. The lowest BCUT2D eigenvalue weighted by Crippen LogP contribution is -1.83. The predicted molar refractivity (Wildman–Crippen MR) is 68.4 cm³/mol. The van der Waals surface area contributed by atoms with E-state index in [0.717, 1.165) is 6.29 Å². The number of aldehydes is 1. The summed E-state index contributed by atoms with van der Waals surface area (Å²) in [6.45, 7) is 2.09. The van der Waals surface area contributed by atoms with Crippen LogP contribution in [0.4, 0.5) is 0 Å². The maximum atomic E-state index is 10.3. The zero-order valence-electron chi connectivity index (χ0n) is 9.31. The Morgan fingerprint density at radius 1 is 1.12 bits per heavy atom. The molecule has 0 heterocycles. The number of carbonyl (C=O) groups excluding carboxylic acids is 1. The molecule has 0 spiro atoms. The van der Waals surface area contributed by atoms with Crippen LogP contribution in [-0.4, -0.2) is 6.29 Å². The third kappa shape index (κ3) is 2.03. The third-order valence-electron chi connectivity index (χ3n) is 2.71. The van der Waals surface area contributed by atoms with Gasteiger partial charge in [0.1, 0.15) is 6.29 Å². The third-order valence-corrected chi connectivity index (χ3v) is 2.71. The Balaban J connectivity index is 2.56. The van der Waals surface area contributed by atoms with E-state index in [1.165, 1.54) is 21.9 Å². The first-order chi connectivity index (χ1) is 7.83. The van der Waals surface area contributed by atoms with E-state index in [2.05, 4.69) is 31.2 Å². The van der Waals surface area contributed by atoms with Gasteiger partial charge in [-0.05, 0) is 28.8 Å². The van der Waals surface area contributed by atoms with Crippen molar-refractivity contribution >= 4 is 23.1 Å². The van der Waals surface area contributed by atoms with E-state index in [-0.39, 0.29) is 0 Å². The minimum Gasteiger partial charge on any atom is -0.303 e. The number of benzene rings is 2. The van der Waals surface area contributed by atoms with Crippen molar-refractivity contribution in [1.29, 1.82) is 0 Å². The van der Waals surface area contributed by atoms with Crippen LogP contribution in [0, 0.1) is 6.92 Å². The van der Waals surface area contributed by atoms with Gasteiger partial charge in [-0.1, -0.05) is 48.6 Å². The molecular formula is C15H14O. The highest BCUT2D eigenvalue weighted by Crippen LogP contribution is 2.23. The summed E-state index contributed by atoms with van der Waals surface area (Å²) in [5.41, 5.74) is 2.45. The molecule has 16 heavy (non-hydrogen) atoms. The quantitative estimate of drug-likeness (QED) is 0.705. The summed E-state index contributed by atoms with van der Waals surface area (Å²) in [7, 11) is 0. The van der Waals surface area contributed by atoms with E-state index >= 15 is 0 Å². The smallest absolute Gasteiger partial charge is 0.123 e. The SMILES string of the molecule is Cc1ccc2ccccc2c1C=CCC=O. The van der Waals surface area contributed by atoms with Crippen LogP contribution in [0.3, 0.4) is 0 Å². The Kier molecular flexibility index (Phi) is 3.16. The Morgan fingerprint density at radius 3 is 2.75 bits per heavy atom. The van der Waals surface area contributed by atoms with Crippen LogP contribution in [0.5, 0.6) is 0 Å². The van der Waals surface area contributed by atoms with E-state index in [9.17, 15) is 4.79 Å². The van der Waals surface area contributed by atoms with Gasteiger partial charge in [0.15, 0.2) is 0 Å². The molecule has 2 aromatic rings. The molecule has 80 valence electrons. The monoisotopic (exact) mass is 210 g/mol. The van der Waals surface area contributed by atoms with Gasteiger partial charge in [0.25, 0.3) is 0 Å². The van der Waals surface area contributed by atoms with Crippen molar-refractivity contribution < 1.29 is 4.79 Å². The lowest BCUT2D eigenvalue weighted by atomic mass is 9.99. The largest absolute Gasteiger partial charge is 0.303 e. The first kappa shape index (κ1) is 10.6. The van der Waals surface area contributed by atoms with Gasteiger partial charge in [-0.15, -0.1) is 0 Å². The molecule has 0 radical (unpaired) electrons. The molecule has 0 amide bonds. The molecule has 0 aliphatic carbocycles. The van der Waals surface area contributed by atoms with Crippen molar-refractivity contribution in [3.8, 4) is 0 Å². The number of hydrogen-bond acceptors (Lipinski definition) is 1. The molecule has 0 saturated heterocycles. The molecular weight excluding hydrogens is 196 g/mol. The van der Waals surface area contributed by atoms with Gasteiger partial charge in [0.05, 0.1) is 0 Å². The number of rotatable bonds is 3. The van der Waals surface area contributed by atoms with Crippen LogP contribution in [0.25, 0.3) is 16.8 Å². The fraction of sp³-hybridized carbons (Fsp3) is 0.133. The van der Waals surface area contributed by atoms with Crippen molar-refractivity contribution in [2.24, 2.45) is 0 Å². The van der Waals surface area contributed by atoms with Gasteiger partial charge in [-0.3, -0.25) is 0 Å². The maximum absolute atomic E-state index is 10.3. The minimum absolute atomic E-state index is 0.475. The van der Waals surface area contributed by atoms with Crippen molar-refractivity contribution in [2.75, 3.05) is 0 Å². The lowest BCUT2D eigenvalue weighted by Gasteiger charge is -2.05. The molecule has 2 aromatic carbocycles. The predicted octanol–water partition coefficient (Wildman–Crippen LogP) is 3.75. The van der Waals surface area contributed by atoms with E-state index in [0.29, 0.717) is 6.42 Å². The van der Waals surface area contributed by atoms with Gasteiger partial charge >= 0.3 is 0 Å². The van der Waals surface area contributed by atoms with Gasteiger partial charge in [0, 0.05) is 6.42 Å². The fourth-order valence-electron chi connectivity index (χ4n) is 1.87. The maximum Gasteiger partial charge on any atom is 0.123 e. The topological polar surface area (TPSA) is 17.1 Å². The van der Waals surface area contributed by atoms with Gasteiger partial charge < -0.3 is 4.79 Å². The fourth-order valence-corrected chi connectivity index (χ4v) is 1.87. The molecule has 1 heteroatoms. The average Bonchev–Trinajstić information content (AvgIpc) is 2.32. The van der Waals surface area contributed by atoms with Gasteiger partial charge in [-0.2, -0.15) is 0 Å². The van der Waals surface area contributed by atoms with Crippen LogP contribution in [0.2, 0.25) is 0 Å². The van der Waals surface area contributed by atoms with Crippen LogP contribution in [0.15, 0.2) is 42.5 Å². The summed E-state index contributed by atoms with van der Waals surface area (Å²) < 4.78 is 0. The first-order valence-electron chi connectivity index (χ1n) is 5.41.